The summed E-state index contributed by atoms with van der Waals surface area (Å²) in [6.07, 6.45) is 0. The Bertz CT molecular complexity index is 643. The summed E-state index contributed by atoms with van der Waals surface area (Å²) in [6.45, 7) is 2.19. The molecule has 0 atom stereocenters. The van der Waals surface area contributed by atoms with Gasteiger partial charge in [-0.1, -0.05) is 39.7 Å². The SMILES string of the molecule is CC(=O)c1ccccc1OCCOc1ccc(Br)cc1Cl. The van der Waals surface area contributed by atoms with Gasteiger partial charge in [-0.25, -0.2) is 0 Å². The Kier molecular flexibility index (Phi) is 5.65. The van der Waals surface area contributed by atoms with Crippen molar-refractivity contribution in [3.8, 4) is 11.5 Å². The maximum Gasteiger partial charge on any atom is 0.163 e. The number of ether oxygens (including phenoxy) is 2. The van der Waals surface area contributed by atoms with Crippen LogP contribution in [0.2, 0.25) is 5.02 Å². The van der Waals surface area contributed by atoms with E-state index in [9.17, 15) is 4.79 Å². The number of benzene rings is 2. The van der Waals surface area contributed by atoms with Crippen molar-refractivity contribution >= 4 is 33.3 Å². The summed E-state index contributed by atoms with van der Waals surface area (Å²) in [5, 5.41) is 0.536. The lowest BCUT2D eigenvalue weighted by atomic mass is 10.1. The minimum absolute atomic E-state index is 0.0255. The monoisotopic (exact) mass is 368 g/mol. The average molecular weight is 370 g/mol. The molecule has 2 aromatic carbocycles. The molecule has 0 aliphatic rings. The zero-order valence-electron chi connectivity index (χ0n) is 11.4. The molecule has 0 N–H and O–H groups in total. The van der Waals surface area contributed by atoms with Gasteiger partial charge in [0.2, 0.25) is 0 Å². The van der Waals surface area contributed by atoms with Crippen LogP contribution >= 0.6 is 27.5 Å². The number of Topliss-reactive ketones (excluding diaryl/α,β-unsaturated/α-hetero) is 1. The topological polar surface area (TPSA) is 35.5 Å². The third-order valence-electron chi connectivity index (χ3n) is 2.76. The van der Waals surface area contributed by atoms with Crippen LogP contribution in [0.5, 0.6) is 11.5 Å². The van der Waals surface area contributed by atoms with Crippen LogP contribution < -0.4 is 9.47 Å². The molecule has 110 valence electrons. The van der Waals surface area contributed by atoms with Crippen molar-refractivity contribution in [1.29, 1.82) is 0 Å². The van der Waals surface area contributed by atoms with E-state index >= 15 is 0 Å². The van der Waals surface area contributed by atoms with Gasteiger partial charge in [0.1, 0.15) is 24.7 Å². The van der Waals surface area contributed by atoms with Crippen LogP contribution in [-0.2, 0) is 0 Å². The number of rotatable bonds is 6. The predicted octanol–water partition coefficient (Wildman–Crippen LogP) is 4.76. The molecule has 0 fully saturated rings. The molecule has 0 amide bonds. The van der Waals surface area contributed by atoms with Gasteiger partial charge in [-0.05, 0) is 37.3 Å². The molecule has 0 aliphatic carbocycles. The van der Waals surface area contributed by atoms with E-state index in [-0.39, 0.29) is 5.78 Å². The van der Waals surface area contributed by atoms with Crippen LogP contribution in [0.15, 0.2) is 46.9 Å². The van der Waals surface area contributed by atoms with Crippen LogP contribution in [0.3, 0.4) is 0 Å². The summed E-state index contributed by atoms with van der Waals surface area (Å²) in [5.41, 5.74) is 0.569. The fraction of sp³-hybridized carbons (Fsp3) is 0.188. The molecule has 21 heavy (non-hydrogen) atoms. The van der Waals surface area contributed by atoms with Crippen molar-refractivity contribution in [3.05, 3.63) is 57.5 Å². The quantitative estimate of drug-likeness (QED) is 0.544. The van der Waals surface area contributed by atoms with Crippen LogP contribution in [-0.4, -0.2) is 19.0 Å². The van der Waals surface area contributed by atoms with Gasteiger partial charge in [-0.15, -0.1) is 0 Å². The van der Waals surface area contributed by atoms with Crippen molar-refractivity contribution < 1.29 is 14.3 Å². The first kappa shape index (κ1) is 15.9. The van der Waals surface area contributed by atoms with Gasteiger partial charge in [0.05, 0.1) is 10.6 Å². The molecule has 3 nitrogen and oxygen atoms in total. The molecule has 0 saturated heterocycles. The van der Waals surface area contributed by atoms with E-state index in [2.05, 4.69) is 15.9 Å². The average Bonchev–Trinajstić information content (AvgIpc) is 2.45. The lowest BCUT2D eigenvalue weighted by Crippen LogP contribution is -2.11. The highest BCUT2D eigenvalue weighted by Crippen LogP contribution is 2.27. The minimum Gasteiger partial charge on any atom is -0.489 e. The van der Waals surface area contributed by atoms with E-state index in [1.807, 2.05) is 18.2 Å². The summed E-state index contributed by atoms with van der Waals surface area (Å²) in [4.78, 5) is 11.5. The van der Waals surface area contributed by atoms with Crippen molar-refractivity contribution in [2.75, 3.05) is 13.2 Å². The summed E-state index contributed by atoms with van der Waals surface area (Å²) < 4.78 is 12.0. The summed E-state index contributed by atoms with van der Waals surface area (Å²) >= 11 is 9.39. The lowest BCUT2D eigenvalue weighted by molar-refractivity contribution is 0.101. The van der Waals surface area contributed by atoms with E-state index in [0.717, 1.165) is 4.47 Å². The molecule has 5 heteroatoms. The molecule has 0 radical (unpaired) electrons. The summed E-state index contributed by atoms with van der Waals surface area (Å²) in [6, 6.07) is 12.6. The van der Waals surface area contributed by atoms with E-state index in [0.29, 0.717) is 35.3 Å². The van der Waals surface area contributed by atoms with E-state index in [4.69, 9.17) is 21.1 Å². The minimum atomic E-state index is -0.0255. The molecular formula is C16H14BrClO3. The van der Waals surface area contributed by atoms with Crippen LogP contribution in [0.1, 0.15) is 17.3 Å². The second kappa shape index (κ2) is 7.48. The van der Waals surface area contributed by atoms with Gasteiger partial charge < -0.3 is 9.47 Å². The Labute approximate surface area is 137 Å². The zero-order valence-corrected chi connectivity index (χ0v) is 13.8. The Morgan fingerprint density at radius 2 is 1.76 bits per heavy atom. The van der Waals surface area contributed by atoms with Gasteiger partial charge >= 0.3 is 0 Å². The summed E-state index contributed by atoms with van der Waals surface area (Å²) in [7, 11) is 0. The Morgan fingerprint density at radius 1 is 1.10 bits per heavy atom. The smallest absolute Gasteiger partial charge is 0.163 e. The number of carbonyl (C=O) groups excluding carboxylic acids is 1. The highest BCUT2D eigenvalue weighted by atomic mass is 79.9. The van der Waals surface area contributed by atoms with Crippen molar-refractivity contribution in [1.82, 2.24) is 0 Å². The zero-order chi connectivity index (χ0) is 15.2. The fourth-order valence-corrected chi connectivity index (χ4v) is 2.51. The van der Waals surface area contributed by atoms with Crippen LogP contribution in [0.25, 0.3) is 0 Å². The maximum absolute atomic E-state index is 11.5. The van der Waals surface area contributed by atoms with Gasteiger partial charge in [-0.2, -0.15) is 0 Å². The van der Waals surface area contributed by atoms with Crippen molar-refractivity contribution in [2.45, 2.75) is 6.92 Å². The van der Waals surface area contributed by atoms with Gasteiger partial charge in [0.25, 0.3) is 0 Å². The van der Waals surface area contributed by atoms with Crippen molar-refractivity contribution in [2.24, 2.45) is 0 Å². The number of ketones is 1. The molecule has 2 aromatic rings. The number of hydrogen-bond acceptors (Lipinski definition) is 3. The summed E-state index contributed by atoms with van der Waals surface area (Å²) in [5.74, 6) is 1.14. The molecule has 0 heterocycles. The third kappa shape index (κ3) is 4.48. The van der Waals surface area contributed by atoms with Gasteiger partial charge in [0.15, 0.2) is 5.78 Å². The standard InChI is InChI=1S/C16H14BrClO3/c1-11(19)13-4-2-3-5-15(13)20-8-9-21-16-7-6-12(17)10-14(16)18/h2-7,10H,8-9H2,1H3. The van der Waals surface area contributed by atoms with E-state index < -0.39 is 0 Å². The Hall–Kier alpha value is -1.52. The van der Waals surface area contributed by atoms with E-state index in [1.165, 1.54) is 6.92 Å². The van der Waals surface area contributed by atoms with Gasteiger partial charge in [0, 0.05) is 4.47 Å². The van der Waals surface area contributed by atoms with Crippen molar-refractivity contribution in [3.63, 3.8) is 0 Å². The first-order chi connectivity index (χ1) is 10.1. The molecule has 0 spiro atoms. The second-order valence-corrected chi connectivity index (χ2v) is 5.65. The Balaban J connectivity index is 1.89. The molecule has 2 rings (SSSR count). The number of halogens is 2. The molecule has 0 unspecified atom stereocenters. The highest BCUT2D eigenvalue weighted by molar-refractivity contribution is 9.10. The van der Waals surface area contributed by atoms with Gasteiger partial charge in [-0.3, -0.25) is 4.79 Å². The van der Waals surface area contributed by atoms with E-state index in [1.54, 1.807) is 24.3 Å². The fourth-order valence-electron chi connectivity index (χ4n) is 1.78. The molecular weight excluding hydrogens is 356 g/mol. The molecule has 0 aliphatic heterocycles. The molecule has 0 aromatic heterocycles. The van der Waals surface area contributed by atoms with Crippen LogP contribution in [0.4, 0.5) is 0 Å². The third-order valence-corrected chi connectivity index (χ3v) is 3.55. The lowest BCUT2D eigenvalue weighted by Gasteiger charge is -2.11. The Morgan fingerprint density at radius 3 is 2.43 bits per heavy atom. The molecule has 0 bridgehead atoms. The highest BCUT2D eigenvalue weighted by Gasteiger charge is 2.07. The largest absolute Gasteiger partial charge is 0.489 e. The number of para-hydroxylation sites is 1. The van der Waals surface area contributed by atoms with Crippen LogP contribution in [0, 0.1) is 0 Å². The second-order valence-electron chi connectivity index (χ2n) is 4.32. The predicted molar refractivity (Wildman–Crippen MR) is 86.6 cm³/mol. The normalized spacial score (nSPS) is 10.2. The first-order valence-electron chi connectivity index (χ1n) is 6.38. The number of hydrogen-bond donors (Lipinski definition) is 0. The maximum atomic E-state index is 11.5. The first-order valence-corrected chi connectivity index (χ1v) is 7.55. The number of carbonyl (C=O) groups is 1. The molecule has 0 saturated carbocycles.